The second kappa shape index (κ2) is 4.79. The molecule has 2 fully saturated rings. The Morgan fingerprint density at radius 1 is 1.19 bits per heavy atom. The summed E-state index contributed by atoms with van der Waals surface area (Å²) in [4.78, 5) is 18.1. The molecule has 0 radical (unpaired) electrons. The number of H-pyrrole nitrogens is 1. The second-order valence-electron chi connectivity index (χ2n) is 6.59. The summed E-state index contributed by atoms with van der Waals surface area (Å²) >= 11 is 0. The number of hydrogen-bond acceptors (Lipinski definition) is 2. The van der Waals surface area contributed by atoms with E-state index in [9.17, 15) is 4.79 Å². The second-order valence-corrected chi connectivity index (χ2v) is 6.59. The molecule has 0 atom stereocenters. The molecule has 2 aliphatic rings. The maximum absolute atomic E-state index is 12.8. The van der Waals surface area contributed by atoms with Gasteiger partial charge in [0, 0.05) is 18.5 Å². The number of rotatable bonds is 5. The number of anilines is 1. The maximum atomic E-state index is 12.8. The predicted molar refractivity (Wildman–Crippen MR) is 84.1 cm³/mol. The first-order valence-corrected chi connectivity index (χ1v) is 7.87. The number of aromatic nitrogens is 1. The van der Waals surface area contributed by atoms with Crippen molar-refractivity contribution < 1.29 is 4.79 Å². The van der Waals surface area contributed by atoms with E-state index in [0.717, 1.165) is 35.8 Å². The van der Waals surface area contributed by atoms with E-state index in [0.29, 0.717) is 11.4 Å². The van der Waals surface area contributed by atoms with Crippen molar-refractivity contribution >= 4 is 22.5 Å². The Bertz CT molecular complexity index is 668. The zero-order valence-electron chi connectivity index (χ0n) is 12.1. The van der Waals surface area contributed by atoms with Crippen molar-refractivity contribution in [2.75, 3.05) is 18.8 Å². The van der Waals surface area contributed by atoms with Crippen LogP contribution in [0.4, 0.5) is 5.69 Å². The molecule has 0 spiro atoms. The molecule has 1 aromatic carbocycles. The fourth-order valence-electron chi connectivity index (χ4n) is 2.93. The van der Waals surface area contributed by atoms with Gasteiger partial charge < -0.3 is 15.6 Å². The van der Waals surface area contributed by atoms with Crippen LogP contribution in [0.2, 0.25) is 0 Å². The van der Waals surface area contributed by atoms with E-state index in [-0.39, 0.29) is 5.91 Å². The fourth-order valence-corrected chi connectivity index (χ4v) is 2.93. The molecule has 2 aromatic rings. The van der Waals surface area contributed by atoms with Gasteiger partial charge in [-0.15, -0.1) is 0 Å². The van der Waals surface area contributed by atoms with Crippen LogP contribution >= 0.6 is 0 Å². The molecule has 2 aliphatic carbocycles. The van der Waals surface area contributed by atoms with Crippen LogP contribution in [-0.2, 0) is 0 Å². The summed E-state index contributed by atoms with van der Waals surface area (Å²) in [5, 5.41) is 1.01. The highest BCUT2D eigenvalue weighted by molar-refractivity contribution is 6.00. The van der Waals surface area contributed by atoms with E-state index in [2.05, 4.69) is 9.88 Å². The summed E-state index contributed by atoms with van der Waals surface area (Å²) in [7, 11) is 0. The molecule has 3 N–H and O–H groups in total. The van der Waals surface area contributed by atoms with E-state index in [4.69, 9.17) is 5.73 Å². The van der Waals surface area contributed by atoms with Gasteiger partial charge in [0.15, 0.2) is 0 Å². The van der Waals surface area contributed by atoms with Crippen molar-refractivity contribution in [2.45, 2.75) is 25.7 Å². The first-order valence-electron chi connectivity index (χ1n) is 7.87. The number of carbonyl (C=O) groups excluding carboxylic acids is 1. The lowest BCUT2D eigenvalue weighted by atomic mass is 10.2. The molecule has 1 heterocycles. The van der Waals surface area contributed by atoms with Gasteiger partial charge in [-0.1, -0.05) is 12.1 Å². The molecule has 0 aliphatic heterocycles. The van der Waals surface area contributed by atoms with Gasteiger partial charge in [-0.05, 0) is 49.7 Å². The lowest BCUT2D eigenvalue weighted by molar-refractivity contribution is 0.0734. The van der Waals surface area contributed by atoms with Gasteiger partial charge in [0.25, 0.3) is 5.91 Å². The third-order valence-electron chi connectivity index (χ3n) is 4.56. The third-order valence-corrected chi connectivity index (χ3v) is 4.56. The normalized spacial score (nSPS) is 18.1. The monoisotopic (exact) mass is 283 g/mol. The minimum absolute atomic E-state index is 0.129. The topological polar surface area (TPSA) is 62.1 Å². The number of para-hydroxylation sites is 1. The molecule has 1 amide bonds. The molecule has 4 heteroatoms. The Kier molecular flexibility index (Phi) is 2.91. The largest absolute Gasteiger partial charge is 0.397 e. The first kappa shape index (κ1) is 12.7. The number of benzene rings is 1. The van der Waals surface area contributed by atoms with E-state index in [1.807, 2.05) is 24.3 Å². The first-order chi connectivity index (χ1) is 10.2. The van der Waals surface area contributed by atoms with Crippen LogP contribution in [0, 0.1) is 11.8 Å². The molecule has 110 valence electrons. The number of amides is 1. The standard InChI is InChI=1S/C17H21N3O/c18-14-3-1-2-13-8-15(19-16(13)14)17(21)20(9-11-4-5-11)10-12-6-7-12/h1-3,8,11-12,19H,4-7,9-10,18H2. The minimum Gasteiger partial charge on any atom is -0.397 e. The van der Waals surface area contributed by atoms with Gasteiger partial charge >= 0.3 is 0 Å². The number of aromatic amines is 1. The Balaban J connectivity index is 1.61. The van der Waals surface area contributed by atoms with Crippen LogP contribution in [0.25, 0.3) is 10.9 Å². The highest BCUT2D eigenvalue weighted by Gasteiger charge is 2.32. The quantitative estimate of drug-likeness (QED) is 0.829. The van der Waals surface area contributed by atoms with Crippen LogP contribution in [0.5, 0.6) is 0 Å². The maximum Gasteiger partial charge on any atom is 0.270 e. The van der Waals surface area contributed by atoms with E-state index in [1.54, 1.807) is 0 Å². The average molecular weight is 283 g/mol. The molecular weight excluding hydrogens is 262 g/mol. The van der Waals surface area contributed by atoms with Crippen molar-refractivity contribution in [3.05, 3.63) is 30.0 Å². The number of nitrogens with zero attached hydrogens (tertiary/aromatic N) is 1. The highest BCUT2D eigenvalue weighted by Crippen LogP contribution is 2.34. The molecule has 21 heavy (non-hydrogen) atoms. The van der Waals surface area contributed by atoms with Gasteiger partial charge in [0.2, 0.25) is 0 Å². The van der Waals surface area contributed by atoms with Crippen LogP contribution < -0.4 is 5.73 Å². The van der Waals surface area contributed by atoms with Crippen molar-refractivity contribution in [1.29, 1.82) is 0 Å². The van der Waals surface area contributed by atoms with Gasteiger partial charge in [0.1, 0.15) is 5.69 Å². The Labute approximate surface area is 124 Å². The average Bonchev–Trinajstić information content (AvgIpc) is 3.39. The molecule has 0 saturated heterocycles. The summed E-state index contributed by atoms with van der Waals surface area (Å²) in [6.45, 7) is 1.83. The van der Waals surface area contributed by atoms with E-state index in [1.165, 1.54) is 25.7 Å². The summed E-state index contributed by atoms with van der Waals surface area (Å²) in [5.41, 5.74) is 8.21. The van der Waals surface area contributed by atoms with Crippen molar-refractivity contribution in [1.82, 2.24) is 9.88 Å². The van der Waals surface area contributed by atoms with Crippen molar-refractivity contribution in [3.8, 4) is 0 Å². The van der Waals surface area contributed by atoms with E-state index >= 15 is 0 Å². The van der Waals surface area contributed by atoms with E-state index < -0.39 is 0 Å². The number of fused-ring (bicyclic) bond motifs is 1. The molecule has 0 bridgehead atoms. The summed E-state index contributed by atoms with van der Waals surface area (Å²) < 4.78 is 0. The van der Waals surface area contributed by atoms with Crippen LogP contribution in [-0.4, -0.2) is 28.9 Å². The number of hydrogen-bond donors (Lipinski definition) is 2. The lowest BCUT2D eigenvalue weighted by Crippen LogP contribution is -2.34. The Hall–Kier alpha value is -1.97. The number of nitrogens with two attached hydrogens (primary N) is 1. The summed E-state index contributed by atoms with van der Waals surface area (Å²) in [6.07, 6.45) is 5.09. The Morgan fingerprint density at radius 2 is 1.86 bits per heavy atom. The van der Waals surface area contributed by atoms with Gasteiger partial charge in [-0.3, -0.25) is 4.79 Å². The lowest BCUT2D eigenvalue weighted by Gasteiger charge is -2.22. The molecule has 4 nitrogen and oxygen atoms in total. The highest BCUT2D eigenvalue weighted by atomic mass is 16.2. The zero-order valence-corrected chi connectivity index (χ0v) is 12.1. The minimum atomic E-state index is 0.129. The van der Waals surface area contributed by atoms with Gasteiger partial charge in [0.05, 0.1) is 11.2 Å². The Morgan fingerprint density at radius 3 is 2.43 bits per heavy atom. The predicted octanol–water partition coefficient (Wildman–Crippen LogP) is 3.01. The molecule has 2 saturated carbocycles. The summed E-state index contributed by atoms with van der Waals surface area (Å²) in [5.74, 6) is 1.58. The van der Waals surface area contributed by atoms with Crippen LogP contribution in [0.3, 0.4) is 0 Å². The van der Waals surface area contributed by atoms with Crippen LogP contribution in [0.15, 0.2) is 24.3 Å². The van der Waals surface area contributed by atoms with Gasteiger partial charge in [-0.2, -0.15) is 0 Å². The molecule has 0 unspecified atom stereocenters. The van der Waals surface area contributed by atoms with Gasteiger partial charge in [-0.25, -0.2) is 0 Å². The molecule has 1 aromatic heterocycles. The number of carbonyl (C=O) groups is 1. The van der Waals surface area contributed by atoms with Crippen LogP contribution in [0.1, 0.15) is 36.2 Å². The zero-order chi connectivity index (χ0) is 14.4. The third kappa shape index (κ3) is 2.62. The number of nitrogen functional groups attached to an aromatic ring is 1. The SMILES string of the molecule is Nc1cccc2cc(C(=O)N(CC3CC3)CC3CC3)[nH]c12. The molecular formula is C17H21N3O. The fraction of sp³-hybridized carbons (Fsp3) is 0.471. The van der Waals surface area contributed by atoms with Crippen molar-refractivity contribution in [2.24, 2.45) is 11.8 Å². The van der Waals surface area contributed by atoms with Crippen molar-refractivity contribution in [3.63, 3.8) is 0 Å². The molecule has 4 rings (SSSR count). The summed E-state index contributed by atoms with van der Waals surface area (Å²) in [6, 6.07) is 7.71. The smallest absolute Gasteiger partial charge is 0.270 e. The number of nitrogens with one attached hydrogen (secondary N) is 1.